The second kappa shape index (κ2) is 11.1. The number of hydrogen-bond acceptors (Lipinski definition) is 5. The molecule has 1 aliphatic rings. The maximum Gasteiger partial charge on any atom is 0.329 e. The molecule has 0 heterocycles. The molecule has 2 atom stereocenters. The molecular weight excluding hydrogens is 418 g/mol. The van der Waals surface area contributed by atoms with E-state index < -0.39 is 36.0 Å². The third kappa shape index (κ3) is 6.20. The van der Waals surface area contributed by atoms with E-state index in [0.29, 0.717) is 29.8 Å². The van der Waals surface area contributed by atoms with Crippen molar-refractivity contribution in [1.82, 2.24) is 10.2 Å². The largest absolute Gasteiger partial charge is 0.454 e. The highest BCUT2D eigenvalue weighted by molar-refractivity contribution is 6.30. The lowest BCUT2D eigenvalue weighted by Crippen LogP contribution is -2.52. The molecule has 1 aliphatic carbocycles. The Labute approximate surface area is 188 Å². The van der Waals surface area contributed by atoms with Crippen LogP contribution >= 0.6 is 11.6 Å². The van der Waals surface area contributed by atoms with Gasteiger partial charge in [0, 0.05) is 17.6 Å². The number of rotatable bonds is 8. The van der Waals surface area contributed by atoms with E-state index in [1.54, 1.807) is 31.3 Å². The van der Waals surface area contributed by atoms with E-state index in [2.05, 4.69) is 11.4 Å². The van der Waals surface area contributed by atoms with Gasteiger partial charge in [0.25, 0.3) is 11.8 Å². The van der Waals surface area contributed by atoms with Crippen molar-refractivity contribution in [2.75, 3.05) is 13.7 Å². The van der Waals surface area contributed by atoms with Crippen LogP contribution < -0.4 is 5.32 Å². The van der Waals surface area contributed by atoms with Crippen LogP contribution in [-0.2, 0) is 14.3 Å². The molecule has 0 saturated heterocycles. The van der Waals surface area contributed by atoms with Gasteiger partial charge in [-0.05, 0) is 43.0 Å². The summed E-state index contributed by atoms with van der Waals surface area (Å²) in [5.41, 5.74) is -0.477. The van der Waals surface area contributed by atoms with Crippen molar-refractivity contribution in [3.63, 3.8) is 0 Å². The van der Waals surface area contributed by atoms with Crippen LogP contribution in [0.3, 0.4) is 0 Å². The lowest BCUT2D eigenvalue weighted by Gasteiger charge is -2.38. The number of esters is 1. The predicted molar refractivity (Wildman–Crippen MR) is 117 cm³/mol. The molecule has 8 heteroatoms. The van der Waals surface area contributed by atoms with E-state index in [1.165, 1.54) is 4.90 Å². The topological polar surface area (TPSA) is 99.5 Å². The van der Waals surface area contributed by atoms with Gasteiger partial charge in [-0.15, -0.1) is 0 Å². The fourth-order valence-electron chi connectivity index (χ4n) is 3.71. The summed E-state index contributed by atoms with van der Waals surface area (Å²) < 4.78 is 5.27. The summed E-state index contributed by atoms with van der Waals surface area (Å²) >= 11 is 5.86. The van der Waals surface area contributed by atoms with E-state index in [4.69, 9.17) is 16.3 Å². The van der Waals surface area contributed by atoms with E-state index in [0.717, 1.165) is 19.3 Å². The number of amides is 2. The van der Waals surface area contributed by atoms with Gasteiger partial charge in [-0.3, -0.25) is 9.59 Å². The number of halogens is 1. The summed E-state index contributed by atoms with van der Waals surface area (Å²) in [5, 5.41) is 12.9. The van der Waals surface area contributed by atoms with Crippen LogP contribution in [0.15, 0.2) is 24.3 Å². The van der Waals surface area contributed by atoms with Crippen LogP contribution in [0.5, 0.6) is 0 Å². The average molecular weight is 448 g/mol. The lowest BCUT2D eigenvalue weighted by molar-refractivity contribution is -0.156. The molecule has 1 N–H and O–H groups in total. The van der Waals surface area contributed by atoms with Crippen molar-refractivity contribution >= 4 is 29.4 Å². The third-order valence-corrected chi connectivity index (χ3v) is 6.35. The normalized spacial score (nSPS) is 17.0. The van der Waals surface area contributed by atoms with Crippen molar-refractivity contribution < 1.29 is 19.1 Å². The zero-order valence-electron chi connectivity index (χ0n) is 18.3. The van der Waals surface area contributed by atoms with Crippen LogP contribution in [0.4, 0.5) is 0 Å². The summed E-state index contributed by atoms with van der Waals surface area (Å²) in [4.78, 5) is 39.3. The Bertz CT molecular complexity index is 828. The van der Waals surface area contributed by atoms with Gasteiger partial charge in [0.2, 0.25) is 0 Å². The predicted octanol–water partition coefficient (Wildman–Crippen LogP) is 3.71. The van der Waals surface area contributed by atoms with Crippen molar-refractivity contribution in [3.8, 4) is 6.07 Å². The van der Waals surface area contributed by atoms with Gasteiger partial charge in [-0.1, -0.05) is 51.1 Å². The van der Waals surface area contributed by atoms with Gasteiger partial charge in [0.1, 0.15) is 11.6 Å². The first-order chi connectivity index (χ1) is 14.7. The van der Waals surface area contributed by atoms with Crippen molar-refractivity contribution in [3.05, 3.63) is 34.9 Å². The molecule has 7 nitrogen and oxygen atoms in total. The molecule has 31 heavy (non-hydrogen) atoms. The second-order valence-electron chi connectivity index (χ2n) is 8.11. The fraction of sp³-hybridized carbons (Fsp3) is 0.565. The molecule has 2 amide bonds. The van der Waals surface area contributed by atoms with E-state index >= 15 is 0 Å². The molecule has 0 bridgehead atoms. The Morgan fingerprint density at radius 1 is 1.23 bits per heavy atom. The minimum Gasteiger partial charge on any atom is -0.454 e. The van der Waals surface area contributed by atoms with Gasteiger partial charge >= 0.3 is 5.97 Å². The quantitative estimate of drug-likeness (QED) is 0.612. The molecule has 0 spiro atoms. The fourth-order valence-corrected chi connectivity index (χ4v) is 3.84. The Morgan fingerprint density at radius 2 is 1.84 bits per heavy atom. The second-order valence-corrected chi connectivity index (χ2v) is 8.54. The number of nitrogens with zero attached hydrogens (tertiary/aromatic N) is 2. The van der Waals surface area contributed by atoms with E-state index in [1.807, 2.05) is 13.8 Å². The first-order valence-corrected chi connectivity index (χ1v) is 11.0. The summed E-state index contributed by atoms with van der Waals surface area (Å²) in [6.07, 6.45) is 4.69. The van der Waals surface area contributed by atoms with Crippen LogP contribution in [-0.4, -0.2) is 47.9 Å². The maximum atomic E-state index is 12.7. The molecule has 168 valence electrons. The Hall–Kier alpha value is -2.59. The SMILES string of the molecule is CC[C@H](C)[C@H](NC(=O)c1ccc(Cl)cc1)C(=O)OCC(=O)N(C)C1(C#N)CCCCC1. The van der Waals surface area contributed by atoms with Crippen molar-refractivity contribution in [2.24, 2.45) is 5.92 Å². The molecule has 0 unspecified atom stereocenters. The minimum absolute atomic E-state index is 0.194. The first kappa shape index (κ1) is 24.7. The Balaban J connectivity index is 2.01. The number of nitrogens with one attached hydrogen (secondary N) is 1. The number of carbonyl (C=O) groups excluding carboxylic acids is 3. The summed E-state index contributed by atoms with van der Waals surface area (Å²) in [6, 6.07) is 7.72. The van der Waals surface area contributed by atoms with Gasteiger partial charge < -0.3 is 15.0 Å². The highest BCUT2D eigenvalue weighted by Gasteiger charge is 2.39. The van der Waals surface area contributed by atoms with Gasteiger partial charge in [0.15, 0.2) is 6.61 Å². The number of ether oxygens (including phenoxy) is 1. The van der Waals surface area contributed by atoms with Crippen LogP contribution in [0.2, 0.25) is 5.02 Å². The lowest BCUT2D eigenvalue weighted by atomic mass is 9.81. The molecule has 0 aromatic heterocycles. The number of likely N-dealkylation sites (N-methyl/N-ethyl adjacent to an activating group) is 1. The van der Waals surface area contributed by atoms with Crippen molar-refractivity contribution in [1.29, 1.82) is 5.26 Å². The highest BCUT2D eigenvalue weighted by Crippen LogP contribution is 2.32. The van der Waals surface area contributed by atoms with Crippen LogP contribution in [0.1, 0.15) is 62.7 Å². The van der Waals surface area contributed by atoms with Gasteiger partial charge in [-0.2, -0.15) is 5.26 Å². The first-order valence-electron chi connectivity index (χ1n) is 10.6. The van der Waals surface area contributed by atoms with Crippen LogP contribution in [0.25, 0.3) is 0 Å². The maximum absolute atomic E-state index is 12.7. The number of nitriles is 1. The zero-order chi connectivity index (χ0) is 23.0. The zero-order valence-corrected chi connectivity index (χ0v) is 19.1. The van der Waals surface area contributed by atoms with Crippen molar-refractivity contribution in [2.45, 2.75) is 64.0 Å². The molecule has 1 aromatic rings. The Kier molecular flexibility index (Phi) is 8.88. The average Bonchev–Trinajstić information content (AvgIpc) is 2.80. The smallest absolute Gasteiger partial charge is 0.329 e. The van der Waals surface area contributed by atoms with Gasteiger partial charge in [0.05, 0.1) is 6.07 Å². The summed E-state index contributed by atoms with van der Waals surface area (Å²) in [6.45, 7) is 3.26. The third-order valence-electron chi connectivity index (χ3n) is 6.10. The molecule has 0 aliphatic heterocycles. The molecule has 2 rings (SSSR count). The molecule has 1 saturated carbocycles. The molecule has 1 fully saturated rings. The molecule has 1 aromatic carbocycles. The number of carbonyl (C=O) groups is 3. The van der Waals surface area contributed by atoms with E-state index in [-0.39, 0.29) is 5.92 Å². The van der Waals surface area contributed by atoms with Gasteiger partial charge in [-0.25, -0.2) is 4.79 Å². The molecular formula is C23H30ClN3O4. The monoisotopic (exact) mass is 447 g/mol. The minimum atomic E-state index is -0.897. The summed E-state index contributed by atoms with van der Waals surface area (Å²) in [7, 11) is 1.58. The Morgan fingerprint density at radius 3 is 2.39 bits per heavy atom. The van der Waals surface area contributed by atoms with E-state index in [9.17, 15) is 19.6 Å². The number of hydrogen-bond donors (Lipinski definition) is 1. The number of benzene rings is 1. The summed E-state index contributed by atoms with van der Waals surface area (Å²) in [5.74, 6) is -1.72. The highest BCUT2D eigenvalue weighted by atomic mass is 35.5. The standard InChI is InChI=1S/C23H30ClN3O4/c1-4-16(2)20(26-21(29)17-8-10-18(24)11-9-17)22(30)31-14-19(28)27(3)23(15-25)12-6-5-7-13-23/h8-11,16,20H,4-7,12-14H2,1-3H3,(H,26,29)/t16-,20-/m0/s1. The molecule has 0 radical (unpaired) electrons. The van der Waals surface area contributed by atoms with Crippen LogP contribution in [0, 0.1) is 17.2 Å².